The normalized spacial score (nSPS) is 12.9. The standard InChI is InChI=1S/C16H20F3NO5/c1-15(2,3)25-14(22)20-11(13(21)23-4)9-24-12-8-6-5-7-10(12)16(17,18)19/h5-8,11H,9H2,1-4H3,(H,20,22). The Morgan fingerprint density at radius 2 is 1.76 bits per heavy atom. The van der Waals surface area contributed by atoms with Gasteiger partial charge in [-0.15, -0.1) is 0 Å². The molecule has 0 spiro atoms. The fourth-order valence-corrected chi connectivity index (χ4v) is 1.76. The van der Waals surface area contributed by atoms with Crippen LogP contribution < -0.4 is 10.1 Å². The summed E-state index contributed by atoms with van der Waals surface area (Å²) in [4.78, 5) is 23.5. The molecule has 140 valence electrons. The molecular formula is C16H20F3NO5. The Morgan fingerprint density at radius 3 is 2.28 bits per heavy atom. The molecule has 0 aliphatic heterocycles. The molecule has 1 unspecified atom stereocenters. The van der Waals surface area contributed by atoms with Crippen LogP contribution in [0.2, 0.25) is 0 Å². The molecule has 0 radical (unpaired) electrons. The maximum absolute atomic E-state index is 12.9. The fraction of sp³-hybridized carbons (Fsp3) is 0.500. The summed E-state index contributed by atoms with van der Waals surface area (Å²) in [6.45, 7) is 4.31. The molecule has 1 N–H and O–H groups in total. The molecule has 0 aromatic heterocycles. The first-order chi connectivity index (χ1) is 11.4. The molecule has 0 heterocycles. The molecular weight excluding hydrogens is 343 g/mol. The lowest BCUT2D eigenvalue weighted by atomic mass is 10.2. The largest absolute Gasteiger partial charge is 0.490 e. The molecule has 9 heteroatoms. The Kier molecular flexibility index (Phi) is 6.66. The van der Waals surface area contributed by atoms with Crippen LogP contribution in [0.4, 0.5) is 18.0 Å². The number of nitrogens with one attached hydrogen (secondary N) is 1. The van der Waals surface area contributed by atoms with Crippen LogP contribution in [0.5, 0.6) is 5.75 Å². The van der Waals surface area contributed by atoms with Gasteiger partial charge < -0.3 is 19.5 Å². The molecule has 0 aliphatic rings. The summed E-state index contributed by atoms with van der Waals surface area (Å²) in [6.07, 6.45) is -5.54. The summed E-state index contributed by atoms with van der Waals surface area (Å²) in [7, 11) is 1.08. The van der Waals surface area contributed by atoms with Crippen molar-refractivity contribution in [3.63, 3.8) is 0 Å². The molecule has 1 atom stereocenters. The average Bonchev–Trinajstić information content (AvgIpc) is 2.48. The maximum Gasteiger partial charge on any atom is 0.419 e. The number of para-hydroxylation sites is 1. The van der Waals surface area contributed by atoms with Crippen LogP contribution in [-0.4, -0.2) is 37.4 Å². The molecule has 1 rings (SSSR count). The molecule has 0 saturated heterocycles. The van der Waals surface area contributed by atoms with Crippen molar-refractivity contribution in [2.45, 2.75) is 38.6 Å². The van der Waals surface area contributed by atoms with Crippen LogP contribution in [0, 0.1) is 0 Å². The van der Waals surface area contributed by atoms with Crippen molar-refractivity contribution in [2.75, 3.05) is 13.7 Å². The number of benzene rings is 1. The highest BCUT2D eigenvalue weighted by molar-refractivity contribution is 5.81. The second kappa shape index (κ2) is 8.09. The summed E-state index contributed by atoms with van der Waals surface area (Å²) in [5.41, 5.74) is -1.80. The van der Waals surface area contributed by atoms with Gasteiger partial charge in [-0.3, -0.25) is 0 Å². The lowest BCUT2D eigenvalue weighted by molar-refractivity contribution is -0.144. The summed E-state index contributed by atoms with van der Waals surface area (Å²) in [5.74, 6) is -1.34. The van der Waals surface area contributed by atoms with E-state index in [0.29, 0.717) is 0 Å². The van der Waals surface area contributed by atoms with Gasteiger partial charge in [-0.25, -0.2) is 9.59 Å². The van der Waals surface area contributed by atoms with E-state index in [0.717, 1.165) is 19.2 Å². The zero-order valence-electron chi connectivity index (χ0n) is 14.3. The minimum absolute atomic E-state index is 0.463. The molecule has 6 nitrogen and oxygen atoms in total. The van der Waals surface area contributed by atoms with Crippen LogP contribution in [-0.2, 0) is 20.4 Å². The first kappa shape index (κ1) is 20.6. The number of alkyl carbamates (subject to hydrolysis) is 1. The SMILES string of the molecule is COC(=O)C(COc1ccccc1C(F)(F)F)NC(=O)OC(C)(C)C. The average molecular weight is 363 g/mol. The van der Waals surface area contributed by atoms with Gasteiger partial charge in [0.15, 0.2) is 6.04 Å². The highest BCUT2D eigenvalue weighted by atomic mass is 19.4. The third-order valence-corrected chi connectivity index (χ3v) is 2.77. The Balaban J connectivity index is 2.85. The van der Waals surface area contributed by atoms with Gasteiger partial charge in [0.05, 0.1) is 12.7 Å². The minimum atomic E-state index is -4.62. The van der Waals surface area contributed by atoms with Crippen molar-refractivity contribution in [3.05, 3.63) is 29.8 Å². The number of methoxy groups -OCH3 is 1. The smallest absolute Gasteiger partial charge is 0.419 e. The van der Waals surface area contributed by atoms with Crippen molar-refractivity contribution >= 4 is 12.1 Å². The van der Waals surface area contributed by atoms with Crippen LogP contribution in [0.3, 0.4) is 0 Å². The van der Waals surface area contributed by atoms with E-state index in [1.807, 2.05) is 0 Å². The van der Waals surface area contributed by atoms with Gasteiger partial charge in [-0.2, -0.15) is 13.2 Å². The number of alkyl halides is 3. The zero-order chi connectivity index (χ0) is 19.3. The van der Waals surface area contributed by atoms with Crippen LogP contribution >= 0.6 is 0 Å². The molecule has 0 saturated carbocycles. The van der Waals surface area contributed by atoms with E-state index in [4.69, 9.17) is 9.47 Å². The number of esters is 1. The van der Waals surface area contributed by atoms with Gasteiger partial charge in [-0.05, 0) is 32.9 Å². The first-order valence-corrected chi connectivity index (χ1v) is 7.30. The highest BCUT2D eigenvalue weighted by Crippen LogP contribution is 2.35. The lowest BCUT2D eigenvalue weighted by Gasteiger charge is -2.23. The number of ether oxygens (including phenoxy) is 3. The molecule has 1 aromatic carbocycles. The van der Waals surface area contributed by atoms with Crippen molar-refractivity contribution in [1.29, 1.82) is 0 Å². The van der Waals surface area contributed by atoms with Gasteiger partial charge in [0, 0.05) is 0 Å². The number of carbonyl (C=O) groups excluding carboxylic acids is 2. The quantitative estimate of drug-likeness (QED) is 0.814. The summed E-state index contributed by atoms with van der Waals surface area (Å²) in [6, 6.07) is 3.21. The maximum atomic E-state index is 12.9. The van der Waals surface area contributed by atoms with Crippen LogP contribution in [0.15, 0.2) is 24.3 Å². The summed E-state index contributed by atoms with van der Waals surface area (Å²) >= 11 is 0. The molecule has 25 heavy (non-hydrogen) atoms. The molecule has 0 bridgehead atoms. The first-order valence-electron chi connectivity index (χ1n) is 7.30. The Bertz CT molecular complexity index is 611. The number of carbonyl (C=O) groups is 2. The van der Waals surface area contributed by atoms with Gasteiger partial charge in [0.1, 0.15) is 18.0 Å². The Labute approximate surface area is 143 Å². The monoisotopic (exact) mass is 363 g/mol. The van der Waals surface area contributed by atoms with Crippen molar-refractivity contribution in [3.8, 4) is 5.75 Å². The fourth-order valence-electron chi connectivity index (χ4n) is 1.76. The van der Waals surface area contributed by atoms with Crippen LogP contribution in [0.1, 0.15) is 26.3 Å². The number of rotatable bonds is 5. The Morgan fingerprint density at radius 1 is 1.16 bits per heavy atom. The van der Waals surface area contributed by atoms with E-state index in [1.165, 1.54) is 12.1 Å². The third-order valence-electron chi connectivity index (χ3n) is 2.77. The Hall–Kier alpha value is -2.45. The van der Waals surface area contributed by atoms with E-state index >= 15 is 0 Å². The van der Waals surface area contributed by atoms with E-state index in [-0.39, 0.29) is 0 Å². The molecule has 1 amide bonds. The molecule has 0 aliphatic carbocycles. The number of hydrogen-bond acceptors (Lipinski definition) is 5. The molecule has 1 aromatic rings. The predicted molar refractivity (Wildman–Crippen MR) is 82.1 cm³/mol. The zero-order valence-corrected chi connectivity index (χ0v) is 14.3. The predicted octanol–water partition coefficient (Wildman–Crippen LogP) is 3.15. The number of halogens is 3. The van der Waals surface area contributed by atoms with Gasteiger partial charge >= 0.3 is 18.2 Å². The topological polar surface area (TPSA) is 73.9 Å². The van der Waals surface area contributed by atoms with Gasteiger partial charge in [0.25, 0.3) is 0 Å². The summed E-state index contributed by atoms with van der Waals surface area (Å²) in [5, 5.41) is 2.21. The second-order valence-corrected chi connectivity index (χ2v) is 6.03. The minimum Gasteiger partial charge on any atom is -0.490 e. The number of hydrogen-bond donors (Lipinski definition) is 1. The second-order valence-electron chi connectivity index (χ2n) is 6.03. The summed E-state index contributed by atoms with van der Waals surface area (Å²) < 4.78 is 53.4. The lowest BCUT2D eigenvalue weighted by Crippen LogP contribution is -2.47. The molecule has 0 fully saturated rings. The van der Waals surface area contributed by atoms with E-state index in [2.05, 4.69) is 10.1 Å². The van der Waals surface area contributed by atoms with E-state index in [9.17, 15) is 22.8 Å². The third kappa shape index (κ3) is 6.90. The van der Waals surface area contributed by atoms with Gasteiger partial charge in [0.2, 0.25) is 0 Å². The van der Waals surface area contributed by atoms with Crippen molar-refractivity contribution in [1.82, 2.24) is 5.32 Å². The number of amides is 1. The van der Waals surface area contributed by atoms with E-state index in [1.54, 1.807) is 20.8 Å². The van der Waals surface area contributed by atoms with Crippen molar-refractivity contribution in [2.24, 2.45) is 0 Å². The van der Waals surface area contributed by atoms with Gasteiger partial charge in [-0.1, -0.05) is 12.1 Å². The van der Waals surface area contributed by atoms with E-state index < -0.39 is 47.8 Å². The van der Waals surface area contributed by atoms with Crippen LogP contribution in [0.25, 0.3) is 0 Å². The van der Waals surface area contributed by atoms with Crippen molar-refractivity contribution < 1.29 is 37.0 Å². The highest BCUT2D eigenvalue weighted by Gasteiger charge is 2.34.